The van der Waals surface area contributed by atoms with Crippen molar-refractivity contribution in [3.05, 3.63) is 52.2 Å². The van der Waals surface area contributed by atoms with Gasteiger partial charge < -0.3 is 10.1 Å². The fourth-order valence-corrected chi connectivity index (χ4v) is 3.65. The van der Waals surface area contributed by atoms with Crippen molar-refractivity contribution in [3.8, 4) is 5.75 Å². The molecule has 0 saturated heterocycles. The number of nitrogens with one attached hydrogen (secondary N) is 1. The summed E-state index contributed by atoms with van der Waals surface area (Å²) in [7, 11) is 1.68. The highest BCUT2D eigenvalue weighted by Crippen LogP contribution is 2.50. The molecule has 0 aliphatic heterocycles. The third-order valence-corrected chi connectivity index (χ3v) is 4.91. The average Bonchev–Trinajstić information content (AvgIpc) is 3.17. The molecule has 1 aliphatic carbocycles. The van der Waals surface area contributed by atoms with Crippen molar-refractivity contribution in [1.82, 2.24) is 5.32 Å². The van der Waals surface area contributed by atoms with E-state index in [0.29, 0.717) is 5.92 Å². The monoisotopic (exact) mass is 315 g/mol. The molecule has 0 radical (unpaired) electrons. The highest BCUT2D eigenvalue weighted by Gasteiger charge is 2.45. The van der Waals surface area contributed by atoms with Crippen molar-refractivity contribution < 1.29 is 9.53 Å². The molecule has 1 N–H and O–H groups in total. The number of amides is 1. The van der Waals surface area contributed by atoms with Crippen molar-refractivity contribution in [2.24, 2.45) is 5.92 Å². The molecule has 0 bridgehead atoms. The number of ether oxygens (including phenoxy) is 1. The van der Waals surface area contributed by atoms with Crippen LogP contribution in [0.15, 0.2) is 41.1 Å². The normalized spacial score (nSPS) is 21.2. The van der Waals surface area contributed by atoms with E-state index in [2.05, 4.69) is 35.1 Å². The summed E-state index contributed by atoms with van der Waals surface area (Å²) < 4.78 is 5.40. The Labute approximate surface area is 135 Å². The topological polar surface area (TPSA) is 38.3 Å². The third kappa shape index (κ3) is 3.33. The molecule has 3 nitrogen and oxygen atoms in total. The standard InChI is InChI=1S/C18H21NO2S/c1-12(9-13-7-8-22-11-13)19-18(20)16-10-15(16)14-5-3-4-6-17(14)21-2/h3-8,11-12,15-16H,9-10H2,1-2H3,(H,19,20). The van der Waals surface area contributed by atoms with Gasteiger partial charge in [-0.15, -0.1) is 0 Å². The lowest BCUT2D eigenvalue weighted by molar-refractivity contribution is -0.123. The number of carbonyl (C=O) groups excluding carboxylic acids is 1. The second-order valence-corrected chi connectivity index (χ2v) is 6.72. The number of methoxy groups -OCH3 is 1. The Morgan fingerprint density at radius 1 is 1.41 bits per heavy atom. The summed E-state index contributed by atoms with van der Waals surface area (Å²) in [5.41, 5.74) is 2.44. The highest BCUT2D eigenvalue weighted by molar-refractivity contribution is 7.07. The van der Waals surface area contributed by atoms with E-state index in [9.17, 15) is 4.79 Å². The highest BCUT2D eigenvalue weighted by atomic mass is 32.1. The van der Waals surface area contributed by atoms with Crippen LogP contribution in [0, 0.1) is 5.92 Å². The molecule has 3 unspecified atom stereocenters. The lowest BCUT2D eigenvalue weighted by Gasteiger charge is -2.13. The minimum Gasteiger partial charge on any atom is -0.496 e. The van der Waals surface area contributed by atoms with E-state index in [0.717, 1.165) is 24.2 Å². The number of para-hydroxylation sites is 1. The Bertz CT molecular complexity index is 638. The van der Waals surface area contributed by atoms with Crippen molar-refractivity contribution in [2.45, 2.75) is 31.7 Å². The predicted molar refractivity (Wildman–Crippen MR) is 89.5 cm³/mol. The van der Waals surface area contributed by atoms with Crippen LogP contribution in [0.4, 0.5) is 0 Å². The summed E-state index contributed by atoms with van der Waals surface area (Å²) in [4.78, 5) is 12.4. The smallest absolute Gasteiger partial charge is 0.223 e. The molecule has 1 fully saturated rings. The maximum absolute atomic E-state index is 12.4. The van der Waals surface area contributed by atoms with Crippen LogP contribution in [0.1, 0.15) is 30.4 Å². The molecule has 2 aromatic rings. The molecular weight excluding hydrogens is 294 g/mol. The van der Waals surface area contributed by atoms with Crippen LogP contribution in [0.25, 0.3) is 0 Å². The lowest BCUT2D eigenvalue weighted by Crippen LogP contribution is -2.35. The van der Waals surface area contributed by atoms with E-state index >= 15 is 0 Å². The zero-order valence-corrected chi connectivity index (χ0v) is 13.7. The quantitative estimate of drug-likeness (QED) is 0.884. The first-order chi connectivity index (χ1) is 10.7. The first-order valence-electron chi connectivity index (χ1n) is 7.63. The summed E-state index contributed by atoms with van der Waals surface area (Å²) in [5.74, 6) is 1.43. The summed E-state index contributed by atoms with van der Waals surface area (Å²) in [5, 5.41) is 7.35. The fourth-order valence-electron chi connectivity index (χ4n) is 2.96. The maximum atomic E-state index is 12.4. The first kappa shape index (κ1) is 15.1. The van der Waals surface area contributed by atoms with Gasteiger partial charge in [-0.25, -0.2) is 0 Å². The lowest BCUT2D eigenvalue weighted by atomic mass is 10.1. The third-order valence-electron chi connectivity index (χ3n) is 4.18. The number of rotatable bonds is 6. The first-order valence-corrected chi connectivity index (χ1v) is 8.57. The van der Waals surface area contributed by atoms with Crippen molar-refractivity contribution >= 4 is 17.2 Å². The van der Waals surface area contributed by atoms with Crippen LogP contribution in [0.2, 0.25) is 0 Å². The maximum Gasteiger partial charge on any atom is 0.223 e. The molecule has 1 saturated carbocycles. The minimum atomic E-state index is 0.0845. The summed E-state index contributed by atoms with van der Waals surface area (Å²) >= 11 is 1.69. The zero-order valence-electron chi connectivity index (χ0n) is 12.9. The van der Waals surface area contributed by atoms with Crippen molar-refractivity contribution in [3.63, 3.8) is 0 Å². The van der Waals surface area contributed by atoms with E-state index in [1.807, 2.05) is 18.2 Å². The van der Waals surface area contributed by atoms with Gasteiger partial charge in [-0.2, -0.15) is 11.3 Å². The fraction of sp³-hybridized carbons (Fsp3) is 0.389. The van der Waals surface area contributed by atoms with Crippen LogP contribution < -0.4 is 10.1 Å². The molecule has 1 aromatic carbocycles. The van der Waals surface area contributed by atoms with Crippen LogP contribution in [0.3, 0.4) is 0 Å². The second kappa shape index (κ2) is 6.53. The molecular formula is C18H21NO2S. The van der Waals surface area contributed by atoms with Gasteiger partial charge in [0.1, 0.15) is 5.75 Å². The van der Waals surface area contributed by atoms with E-state index < -0.39 is 0 Å². The Balaban J connectivity index is 1.56. The number of benzene rings is 1. The summed E-state index contributed by atoms with van der Waals surface area (Å²) in [6.45, 7) is 2.07. The molecule has 22 heavy (non-hydrogen) atoms. The minimum absolute atomic E-state index is 0.0845. The summed E-state index contributed by atoms with van der Waals surface area (Å²) in [6, 6.07) is 10.3. The second-order valence-electron chi connectivity index (χ2n) is 5.94. The van der Waals surface area contributed by atoms with Gasteiger partial charge in [0, 0.05) is 12.0 Å². The van der Waals surface area contributed by atoms with Gasteiger partial charge in [-0.1, -0.05) is 18.2 Å². The van der Waals surface area contributed by atoms with Crippen LogP contribution >= 0.6 is 11.3 Å². The Morgan fingerprint density at radius 3 is 2.95 bits per heavy atom. The van der Waals surface area contributed by atoms with Gasteiger partial charge >= 0.3 is 0 Å². The van der Waals surface area contributed by atoms with Crippen LogP contribution in [-0.4, -0.2) is 19.1 Å². The molecule has 3 atom stereocenters. The van der Waals surface area contributed by atoms with Crippen molar-refractivity contribution in [2.75, 3.05) is 7.11 Å². The largest absolute Gasteiger partial charge is 0.496 e. The average molecular weight is 315 g/mol. The Hall–Kier alpha value is -1.81. The molecule has 116 valence electrons. The number of thiophene rings is 1. The molecule has 1 amide bonds. The van der Waals surface area contributed by atoms with Gasteiger partial charge in [0.15, 0.2) is 0 Å². The number of carbonyl (C=O) groups is 1. The number of hydrogen-bond donors (Lipinski definition) is 1. The summed E-state index contributed by atoms with van der Waals surface area (Å²) in [6.07, 6.45) is 1.80. The molecule has 1 heterocycles. The Kier molecular flexibility index (Phi) is 4.48. The molecule has 1 aromatic heterocycles. The predicted octanol–water partition coefficient (Wildman–Crippen LogP) is 3.61. The molecule has 0 spiro atoms. The molecule has 1 aliphatic rings. The molecule has 4 heteroatoms. The van der Waals surface area contributed by atoms with Gasteiger partial charge in [0.05, 0.1) is 7.11 Å². The van der Waals surface area contributed by atoms with E-state index in [1.165, 1.54) is 5.56 Å². The number of hydrogen-bond acceptors (Lipinski definition) is 3. The van der Waals surface area contributed by atoms with E-state index in [1.54, 1.807) is 18.4 Å². The SMILES string of the molecule is COc1ccccc1C1CC1C(=O)NC(C)Cc1ccsc1. The van der Waals surface area contributed by atoms with Gasteiger partial charge in [0.25, 0.3) is 0 Å². The van der Waals surface area contributed by atoms with E-state index in [4.69, 9.17) is 4.74 Å². The van der Waals surface area contributed by atoms with Crippen LogP contribution in [0.5, 0.6) is 5.75 Å². The molecule has 3 rings (SSSR count). The zero-order chi connectivity index (χ0) is 15.5. The Morgan fingerprint density at radius 2 is 2.23 bits per heavy atom. The van der Waals surface area contributed by atoms with Gasteiger partial charge in [-0.05, 0) is 59.7 Å². The van der Waals surface area contributed by atoms with Crippen LogP contribution in [-0.2, 0) is 11.2 Å². The van der Waals surface area contributed by atoms with Gasteiger partial charge in [-0.3, -0.25) is 4.79 Å². The van der Waals surface area contributed by atoms with E-state index in [-0.39, 0.29) is 17.9 Å². The van der Waals surface area contributed by atoms with Crippen molar-refractivity contribution in [1.29, 1.82) is 0 Å². The van der Waals surface area contributed by atoms with Gasteiger partial charge in [0.2, 0.25) is 5.91 Å².